The SMILES string of the molecule is O=C(N[C@@H](CO)C(=O)Oc1c(Cl)c(Cl)c(Cl)c(Cl)c1Cl)OCc1ccccc1. The van der Waals surface area contributed by atoms with Gasteiger partial charge in [-0.05, 0) is 5.56 Å². The molecule has 0 aliphatic carbocycles. The van der Waals surface area contributed by atoms with Gasteiger partial charge < -0.3 is 19.9 Å². The number of carbonyl (C=O) groups is 2. The van der Waals surface area contributed by atoms with E-state index in [-0.39, 0.29) is 37.5 Å². The minimum absolute atomic E-state index is 0.0279. The second kappa shape index (κ2) is 10.4. The van der Waals surface area contributed by atoms with Crippen LogP contribution < -0.4 is 10.1 Å². The zero-order valence-corrected chi connectivity index (χ0v) is 17.6. The molecule has 2 aromatic rings. The van der Waals surface area contributed by atoms with E-state index in [1.54, 1.807) is 24.3 Å². The Labute approximate surface area is 185 Å². The lowest BCUT2D eigenvalue weighted by molar-refractivity contribution is -0.137. The van der Waals surface area contributed by atoms with Gasteiger partial charge in [-0.3, -0.25) is 0 Å². The Balaban J connectivity index is 2.05. The molecule has 6 nitrogen and oxygen atoms in total. The third kappa shape index (κ3) is 5.56. The van der Waals surface area contributed by atoms with Crippen molar-refractivity contribution in [2.24, 2.45) is 0 Å². The summed E-state index contributed by atoms with van der Waals surface area (Å²) in [5.41, 5.74) is 0.741. The van der Waals surface area contributed by atoms with Crippen molar-refractivity contribution in [2.75, 3.05) is 6.61 Å². The molecule has 0 bridgehead atoms. The van der Waals surface area contributed by atoms with Crippen LogP contribution in [0.15, 0.2) is 30.3 Å². The molecule has 0 radical (unpaired) electrons. The van der Waals surface area contributed by atoms with Gasteiger partial charge in [-0.2, -0.15) is 0 Å². The fourth-order valence-corrected chi connectivity index (χ4v) is 3.13. The first-order chi connectivity index (χ1) is 13.3. The molecule has 0 aliphatic rings. The summed E-state index contributed by atoms with van der Waals surface area (Å²) in [6.45, 7) is -0.802. The number of hydrogen-bond donors (Lipinski definition) is 2. The molecule has 1 atom stereocenters. The average Bonchev–Trinajstić information content (AvgIpc) is 2.71. The Morgan fingerprint density at radius 1 is 0.929 bits per heavy atom. The van der Waals surface area contributed by atoms with Gasteiger partial charge in [0.1, 0.15) is 16.7 Å². The van der Waals surface area contributed by atoms with Crippen LogP contribution in [0.3, 0.4) is 0 Å². The molecule has 0 spiro atoms. The number of alkyl carbamates (subject to hydrolysis) is 1. The van der Waals surface area contributed by atoms with Crippen LogP contribution >= 0.6 is 58.0 Å². The van der Waals surface area contributed by atoms with Gasteiger partial charge in [-0.15, -0.1) is 0 Å². The minimum Gasteiger partial charge on any atom is -0.445 e. The Bertz CT molecular complexity index is 849. The summed E-state index contributed by atoms with van der Waals surface area (Å²) < 4.78 is 10.0. The van der Waals surface area contributed by atoms with Crippen molar-refractivity contribution in [2.45, 2.75) is 12.6 Å². The quantitative estimate of drug-likeness (QED) is 0.255. The van der Waals surface area contributed by atoms with Gasteiger partial charge in [0.15, 0.2) is 11.8 Å². The van der Waals surface area contributed by atoms with E-state index in [2.05, 4.69) is 5.32 Å². The first-order valence-electron chi connectivity index (χ1n) is 7.57. The van der Waals surface area contributed by atoms with Gasteiger partial charge in [0.2, 0.25) is 0 Å². The molecule has 1 amide bonds. The summed E-state index contributed by atoms with van der Waals surface area (Å²) >= 11 is 29.6. The molecule has 2 N–H and O–H groups in total. The van der Waals surface area contributed by atoms with Crippen LogP contribution in [0.4, 0.5) is 4.79 Å². The van der Waals surface area contributed by atoms with Crippen molar-refractivity contribution >= 4 is 70.1 Å². The number of esters is 1. The molecule has 0 aromatic heterocycles. The smallest absolute Gasteiger partial charge is 0.408 e. The summed E-state index contributed by atoms with van der Waals surface area (Å²) in [6, 6.07) is 7.42. The Kier molecular flexibility index (Phi) is 8.49. The Morgan fingerprint density at radius 2 is 1.46 bits per heavy atom. The predicted octanol–water partition coefficient (Wildman–Crippen LogP) is 5.15. The van der Waals surface area contributed by atoms with Crippen LogP contribution in [-0.2, 0) is 16.1 Å². The normalized spacial score (nSPS) is 11.6. The molecular formula is C17H12Cl5NO5. The molecule has 2 rings (SSSR count). The Morgan fingerprint density at radius 3 is 2.00 bits per heavy atom. The highest BCUT2D eigenvalue weighted by molar-refractivity contribution is 6.55. The number of nitrogens with one attached hydrogen (secondary N) is 1. The van der Waals surface area contributed by atoms with Crippen LogP contribution in [0.5, 0.6) is 5.75 Å². The first kappa shape index (κ1) is 22.9. The van der Waals surface area contributed by atoms with E-state index in [1.165, 1.54) is 0 Å². The van der Waals surface area contributed by atoms with Crippen molar-refractivity contribution in [3.63, 3.8) is 0 Å². The van der Waals surface area contributed by atoms with E-state index in [0.29, 0.717) is 0 Å². The topological polar surface area (TPSA) is 84.9 Å². The van der Waals surface area contributed by atoms with E-state index in [4.69, 9.17) is 67.5 Å². The maximum Gasteiger partial charge on any atom is 0.408 e. The number of ether oxygens (including phenoxy) is 2. The zero-order valence-electron chi connectivity index (χ0n) is 13.8. The van der Waals surface area contributed by atoms with E-state index in [1.807, 2.05) is 6.07 Å². The second-order valence-corrected chi connectivity index (χ2v) is 7.15. The molecule has 0 aliphatic heterocycles. The third-order valence-electron chi connectivity index (χ3n) is 3.34. The van der Waals surface area contributed by atoms with Gasteiger partial charge >= 0.3 is 12.1 Å². The molecule has 2 aromatic carbocycles. The molecule has 0 saturated heterocycles. The van der Waals surface area contributed by atoms with Gasteiger partial charge in [0, 0.05) is 0 Å². The number of carbonyl (C=O) groups excluding carboxylic acids is 2. The van der Waals surface area contributed by atoms with Crippen molar-refractivity contribution in [3.8, 4) is 5.75 Å². The summed E-state index contributed by atoms with van der Waals surface area (Å²) in [7, 11) is 0. The maximum atomic E-state index is 12.3. The summed E-state index contributed by atoms with van der Waals surface area (Å²) in [4.78, 5) is 24.1. The van der Waals surface area contributed by atoms with Crippen molar-refractivity contribution in [1.82, 2.24) is 5.32 Å². The number of hydrogen-bond acceptors (Lipinski definition) is 5. The van der Waals surface area contributed by atoms with E-state index in [0.717, 1.165) is 5.56 Å². The van der Waals surface area contributed by atoms with E-state index >= 15 is 0 Å². The maximum absolute atomic E-state index is 12.3. The summed E-state index contributed by atoms with van der Waals surface area (Å²) in [5.74, 6) is -1.43. The van der Waals surface area contributed by atoms with Gasteiger partial charge in [-0.1, -0.05) is 88.3 Å². The van der Waals surface area contributed by atoms with Gasteiger partial charge in [0.25, 0.3) is 0 Å². The number of benzene rings is 2. The highest BCUT2D eigenvalue weighted by Gasteiger charge is 2.27. The molecule has 0 saturated carbocycles. The number of aliphatic hydroxyl groups excluding tert-OH is 1. The van der Waals surface area contributed by atoms with Crippen LogP contribution in [0.2, 0.25) is 25.1 Å². The van der Waals surface area contributed by atoms with Crippen LogP contribution in [0.1, 0.15) is 5.56 Å². The van der Waals surface area contributed by atoms with Crippen LogP contribution in [-0.4, -0.2) is 29.8 Å². The summed E-state index contributed by atoms with van der Waals surface area (Å²) in [6.07, 6.45) is -0.941. The highest BCUT2D eigenvalue weighted by atomic mass is 35.5. The van der Waals surface area contributed by atoms with Gasteiger partial charge in [-0.25, -0.2) is 9.59 Å². The first-order valence-corrected chi connectivity index (χ1v) is 9.46. The monoisotopic (exact) mass is 485 g/mol. The molecular weight excluding hydrogens is 475 g/mol. The zero-order chi connectivity index (χ0) is 20.8. The predicted molar refractivity (Wildman–Crippen MR) is 108 cm³/mol. The number of halogens is 5. The molecule has 0 unspecified atom stereocenters. The molecule has 28 heavy (non-hydrogen) atoms. The Hall–Kier alpha value is -1.41. The van der Waals surface area contributed by atoms with Gasteiger partial charge in [0.05, 0.1) is 21.7 Å². The van der Waals surface area contributed by atoms with Crippen molar-refractivity contribution < 1.29 is 24.2 Å². The summed E-state index contributed by atoms with van der Waals surface area (Å²) in [5, 5.41) is 10.6. The van der Waals surface area contributed by atoms with E-state index < -0.39 is 24.7 Å². The number of aliphatic hydroxyl groups is 1. The lowest BCUT2D eigenvalue weighted by atomic mass is 10.2. The minimum atomic E-state index is -1.45. The molecule has 0 heterocycles. The molecule has 0 fully saturated rings. The van der Waals surface area contributed by atoms with Crippen molar-refractivity contribution in [1.29, 1.82) is 0 Å². The standard InChI is InChI=1S/C17H12Cl5NO5/c18-10-11(19)13(21)15(14(22)12(10)20)28-16(25)9(6-24)23-17(26)27-7-8-4-2-1-3-5-8/h1-5,9,24H,6-7H2,(H,23,26)/t9-/m0/s1. The second-order valence-electron chi connectivity index (χ2n) is 5.26. The highest BCUT2D eigenvalue weighted by Crippen LogP contribution is 2.48. The van der Waals surface area contributed by atoms with Crippen LogP contribution in [0.25, 0.3) is 0 Å². The fraction of sp³-hybridized carbons (Fsp3) is 0.176. The largest absolute Gasteiger partial charge is 0.445 e. The van der Waals surface area contributed by atoms with Crippen LogP contribution in [0, 0.1) is 0 Å². The number of amides is 1. The lowest BCUT2D eigenvalue weighted by Gasteiger charge is -2.17. The van der Waals surface area contributed by atoms with E-state index in [9.17, 15) is 14.7 Å². The lowest BCUT2D eigenvalue weighted by Crippen LogP contribution is -2.45. The average molecular weight is 488 g/mol. The fourth-order valence-electron chi connectivity index (χ4n) is 1.93. The molecule has 150 valence electrons. The number of rotatable bonds is 6. The molecule has 11 heteroatoms. The third-order valence-corrected chi connectivity index (χ3v) is 5.59. The van der Waals surface area contributed by atoms with Crippen molar-refractivity contribution in [3.05, 3.63) is 61.0 Å².